The number of para-hydroxylation sites is 1. The van der Waals surface area contributed by atoms with E-state index in [-0.39, 0.29) is 51.8 Å². The number of carbonyl (C=O) groups is 2. The van der Waals surface area contributed by atoms with Crippen LogP contribution in [0.1, 0.15) is 51.6 Å². The number of ether oxygens (including phenoxy) is 5. The van der Waals surface area contributed by atoms with E-state index in [0.29, 0.717) is 40.4 Å². The lowest BCUT2D eigenvalue weighted by Crippen LogP contribution is -2.51. The minimum Gasteiger partial charge on any atom is -0.497 e. The van der Waals surface area contributed by atoms with E-state index >= 15 is 0 Å². The van der Waals surface area contributed by atoms with Crippen LogP contribution in [0.3, 0.4) is 0 Å². The molecule has 3 aromatic carbocycles. The number of methoxy groups -OCH3 is 3. The molecule has 0 atom stereocenters. The lowest BCUT2D eigenvalue weighted by molar-refractivity contribution is 0.0716. The Hall–Kier alpha value is -5.28. The molecule has 0 bridgehead atoms. The largest absolute Gasteiger partial charge is 0.497 e. The molecule has 1 saturated carbocycles. The van der Waals surface area contributed by atoms with Crippen LogP contribution in [0.5, 0.6) is 28.7 Å². The normalized spacial score (nSPS) is 14.8. The molecular weight excluding hydrogens is 703 g/mol. The monoisotopic (exact) mass is 747 g/mol. The standard InChI is InChI=1S/C38H45N5O9S/c1-40-33(22-32(39-40)27-11-12-27)37(44)42(23-28-13-16-31(48-2)21-35(28)49-3)24-29-7-6-8-34(36(29)50-4)51-25-26-9-14-30(15-10-26)52-38(45)41-17-19-43(20-18-41)53(5,46)47/h6-10,13-16,21-22,27H,11-12,17-20,23-25H2,1-5H3. The molecule has 282 valence electrons. The Kier molecular flexibility index (Phi) is 11.4. The second-order valence-electron chi connectivity index (χ2n) is 13.1. The summed E-state index contributed by atoms with van der Waals surface area (Å²) in [6.45, 7) is 1.63. The maximum absolute atomic E-state index is 14.3. The summed E-state index contributed by atoms with van der Waals surface area (Å²) >= 11 is 0. The fourth-order valence-corrected chi connectivity index (χ4v) is 7.06. The molecular formula is C38H45N5O9S. The summed E-state index contributed by atoms with van der Waals surface area (Å²) in [5.74, 6) is 2.82. The van der Waals surface area contributed by atoms with Crippen molar-refractivity contribution in [1.82, 2.24) is 23.9 Å². The van der Waals surface area contributed by atoms with Crippen LogP contribution in [-0.2, 0) is 36.8 Å². The highest BCUT2D eigenvalue weighted by atomic mass is 32.2. The zero-order valence-corrected chi connectivity index (χ0v) is 31.4. The predicted molar refractivity (Wildman–Crippen MR) is 196 cm³/mol. The van der Waals surface area contributed by atoms with E-state index in [4.69, 9.17) is 23.7 Å². The fourth-order valence-electron chi connectivity index (χ4n) is 6.24. The third-order valence-electron chi connectivity index (χ3n) is 9.37. The van der Waals surface area contributed by atoms with Gasteiger partial charge in [-0.25, -0.2) is 13.2 Å². The smallest absolute Gasteiger partial charge is 0.415 e. The minimum absolute atomic E-state index is 0.185. The summed E-state index contributed by atoms with van der Waals surface area (Å²) in [6, 6.07) is 19.9. The Balaban J connectivity index is 1.15. The van der Waals surface area contributed by atoms with Gasteiger partial charge in [-0.05, 0) is 54.8 Å². The zero-order chi connectivity index (χ0) is 37.7. The highest BCUT2D eigenvalue weighted by Crippen LogP contribution is 2.40. The van der Waals surface area contributed by atoms with E-state index in [0.717, 1.165) is 41.5 Å². The number of aromatic nitrogens is 2. The first-order valence-electron chi connectivity index (χ1n) is 17.3. The molecule has 2 amide bonds. The number of nitrogens with zero attached hydrogens (tertiary/aromatic N) is 5. The van der Waals surface area contributed by atoms with Crippen molar-refractivity contribution in [1.29, 1.82) is 0 Å². The van der Waals surface area contributed by atoms with Gasteiger partial charge >= 0.3 is 6.09 Å². The van der Waals surface area contributed by atoms with Crippen molar-refractivity contribution in [2.45, 2.75) is 38.5 Å². The molecule has 1 aromatic heterocycles. The lowest BCUT2D eigenvalue weighted by atomic mass is 10.1. The van der Waals surface area contributed by atoms with Gasteiger partial charge in [0.15, 0.2) is 11.5 Å². The first-order valence-corrected chi connectivity index (χ1v) is 19.2. The van der Waals surface area contributed by atoms with Gasteiger partial charge in [-0.15, -0.1) is 0 Å². The molecule has 1 aliphatic heterocycles. The van der Waals surface area contributed by atoms with Gasteiger partial charge in [0.2, 0.25) is 10.0 Å². The molecule has 1 aliphatic carbocycles. The van der Waals surface area contributed by atoms with Gasteiger partial charge in [0.05, 0.1) is 46.4 Å². The maximum Gasteiger partial charge on any atom is 0.415 e. The van der Waals surface area contributed by atoms with E-state index in [1.165, 1.54) is 9.21 Å². The Morgan fingerprint density at radius 3 is 2.17 bits per heavy atom. The SMILES string of the molecule is COc1ccc(CN(Cc2cccc(OCc3ccc(OC(=O)N4CCN(S(C)(=O)=O)CC4)cc3)c2OC)C(=O)c2cc(C3CC3)nn2C)c(OC)c1. The van der Waals surface area contributed by atoms with Gasteiger partial charge in [-0.1, -0.05) is 24.3 Å². The van der Waals surface area contributed by atoms with Crippen LogP contribution >= 0.6 is 0 Å². The number of hydrogen-bond acceptors (Lipinski definition) is 10. The van der Waals surface area contributed by atoms with E-state index in [9.17, 15) is 18.0 Å². The first kappa shape index (κ1) is 37.5. The van der Waals surface area contributed by atoms with Crippen LogP contribution < -0.4 is 23.7 Å². The van der Waals surface area contributed by atoms with Crippen molar-refractivity contribution in [3.8, 4) is 28.7 Å². The van der Waals surface area contributed by atoms with E-state index in [2.05, 4.69) is 5.10 Å². The molecule has 0 unspecified atom stereocenters. The topological polar surface area (TPSA) is 142 Å². The van der Waals surface area contributed by atoms with Gasteiger partial charge < -0.3 is 33.5 Å². The van der Waals surface area contributed by atoms with Gasteiger partial charge in [-0.3, -0.25) is 9.48 Å². The molecule has 4 aromatic rings. The van der Waals surface area contributed by atoms with Crippen LogP contribution in [0.4, 0.5) is 4.79 Å². The summed E-state index contributed by atoms with van der Waals surface area (Å²) in [7, 11) is 3.24. The Labute approximate surface area is 309 Å². The molecule has 2 aliphatic rings. The van der Waals surface area contributed by atoms with Crippen LogP contribution in [0, 0.1) is 0 Å². The van der Waals surface area contributed by atoms with Gasteiger partial charge in [-0.2, -0.15) is 9.40 Å². The molecule has 0 N–H and O–H groups in total. The summed E-state index contributed by atoms with van der Waals surface area (Å²) in [6.07, 6.45) is 2.78. The van der Waals surface area contributed by atoms with Crippen molar-refractivity contribution in [3.05, 3.63) is 94.8 Å². The number of sulfonamides is 1. The molecule has 2 fully saturated rings. The molecule has 2 heterocycles. The van der Waals surface area contributed by atoms with Crippen molar-refractivity contribution in [3.63, 3.8) is 0 Å². The average Bonchev–Trinajstić information content (AvgIpc) is 3.94. The molecule has 15 heteroatoms. The number of carbonyl (C=O) groups excluding carboxylic acids is 2. The van der Waals surface area contributed by atoms with Gasteiger partial charge in [0.25, 0.3) is 5.91 Å². The summed E-state index contributed by atoms with van der Waals surface area (Å²) in [5.41, 5.74) is 3.80. The van der Waals surface area contributed by atoms with Gasteiger partial charge in [0.1, 0.15) is 29.5 Å². The van der Waals surface area contributed by atoms with Crippen LogP contribution in [0.25, 0.3) is 0 Å². The average molecular weight is 748 g/mol. The second-order valence-corrected chi connectivity index (χ2v) is 15.1. The number of benzene rings is 3. The molecule has 0 radical (unpaired) electrons. The quantitative estimate of drug-likeness (QED) is 0.176. The third kappa shape index (κ3) is 9.03. The fraction of sp³-hybridized carbons (Fsp3) is 0.395. The van der Waals surface area contributed by atoms with E-state index < -0.39 is 16.1 Å². The van der Waals surface area contributed by atoms with Crippen molar-refractivity contribution in [2.24, 2.45) is 7.05 Å². The predicted octanol–water partition coefficient (Wildman–Crippen LogP) is 4.82. The van der Waals surface area contributed by atoms with Crippen LogP contribution in [-0.4, -0.2) is 98.1 Å². The summed E-state index contributed by atoms with van der Waals surface area (Å²) in [5, 5.41) is 4.63. The highest BCUT2D eigenvalue weighted by molar-refractivity contribution is 7.88. The number of piperazine rings is 1. The molecule has 14 nitrogen and oxygen atoms in total. The Morgan fingerprint density at radius 2 is 1.53 bits per heavy atom. The van der Waals surface area contributed by atoms with Crippen molar-refractivity contribution in [2.75, 3.05) is 53.8 Å². The molecule has 0 spiro atoms. The number of aryl methyl sites for hydroxylation is 1. The minimum atomic E-state index is -3.30. The zero-order valence-electron chi connectivity index (χ0n) is 30.6. The first-order chi connectivity index (χ1) is 25.5. The number of hydrogen-bond donors (Lipinski definition) is 0. The second kappa shape index (κ2) is 16.2. The van der Waals surface area contributed by atoms with Crippen LogP contribution in [0.2, 0.25) is 0 Å². The summed E-state index contributed by atoms with van der Waals surface area (Å²) in [4.78, 5) is 30.2. The molecule has 6 rings (SSSR count). The number of amides is 2. The van der Waals surface area contributed by atoms with Gasteiger partial charge in [0, 0.05) is 56.3 Å². The van der Waals surface area contributed by atoms with E-state index in [1.54, 1.807) is 68.3 Å². The molecule has 1 saturated heterocycles. The van der Waals surface area contributed by atoms with E-state index in [1.807, 2.05) is 36.4 Å². The Bertz CT molecular complexity index is 2040. The summed E-state index contributed by atoms with van der Waals surface area (Å²) < 4.78 is 55.2. The number of rotatable bonds is 14. The maximum atomic E-state index is 14.3. The Morgan fingerprint density at radius 1 is 0.830 bits per heavy atom. The van der Waals surface area contributed by atoms with Crippen molar-refractivity contribution >= 4 is 22.0 Å². The van der Waals surface area contributed by atoms with Crippen molar-refractivity contribution < 1.29 is 41.7 Å². The van der Waals surface area contributed by atoms with Crippen LogP contribution in [0.15, 0.2) is 66.7 Å². The molecule has 53 heavy (non-hydrogen) atoms. The third-order valence-corrected chi connectivity index (χ3v) is 10.7. The lowest BCUT2D eigenvalue weighted by Gasteiger charge is -2.32. The highest BCUT2D eigenvalue weighted by Gasteiger charge is 2.30.